The summed E-state index contributed by atoms with van der Waals surface area (Å²) in [6, 6.07) is 23.8. The summed E-state index contributed by atoms with van der Waals surface area (Å²) in [4.78, 5) is 11.9. The molecule has 0 aliphatic heterocycles. The number of carbonyl (C=O) groups excluding carboxylic acids is 1. The number of rotatable bonds is 7. The zero-order valence-corrected chi connectivity index (χ0v) is 18.7. The molecule has 5 heteroatoms. The number of benzene rings is 3. The Balaban J connectivity index is 1.55. The van der Waals surface area contributed by atoms with E-state index in [1.807, 2.05) is 54.6 Å². The summed E-state index contributed by atoms with van der Waals surface area (Å²) in [7, 11) is 0. The van der Waals surface area contributed by atoms with Gasteiger partial charge in [-0.05, 0) is 59.3 Å². The molecule has 0 N–H and O–H groups in total. The normalized spacial score (nSPS) is 10.9. The Hall–Kier alpha value is -2.80. The van der Waals surface area contributed by atoms with Crippen LogP contribution in [-0.2, 0) is 22.6 Å². The summed E-state index contributed by atoms with van der Waals surface area (Å²) in [5, 5.41) is 1.04. The van der Waals surface area contributed by atoms with E-state index in [0.29, 0.717) is 19.0 Å². The van der Waals surface area contributed by atoms with E-state index in [1.54, 1.807) is 6.92 Å². The molecule has 0 spiro atoms. The van der Waals surface area contributed by atoms with E-state index >= 15 is 0 Å². The van der Waals surface area contributed by atoms with E-state index < -0.39 is 0 Å². The molecule has 0 saturated heterocycles. The van der Waals surface area contributed by atoms with Crippen molar-refractivity contribution in [2.24, 2.45) is 0 Å². The van der Waals surface area contributed by atoms with Crippen LogP contribution in [0.2, 0.25) is 0 Å². The minimum atomic E-state index is -0.253. The summed E-state index contributed by atoms with van der Waals surface area (Å²) >= 11 is 2.29. The number of hydrogen-bond donors (Lipinski definition) is 0. The first kappa shape index (κ1) is 20.5. The third-order valence-electron chi connectivity index (χ3n) is 4.70. The molecule has 0 aliphatic carbocycles. The van der Waals surface area contributed by atoms with Crippen LogP contribution in [0.25, 0.3) is 22.3 Å². The van der Waals surface area contributed by atoms with Crippen molar-refractivity contribution in [1.29, 1.82) is 0 Å². The van der Waals surface area contributed by atoms with E-state index in [-0.39, 0.29) is 12.4 Å². The number of carbonyl (C=O) groups is 1. The average molecular weight is 512 g/mol. The number of ether oxygens (including phenoxy) is 2. The van der Waals surface area contributed by atoms with Gasteiger partial charge in [0, 0.05) is 16.5 Å². The molecule has 1 heterocycles. The summed E-state index contributed by atoms with van der Waals surface area (Å²) in [6.45, 7) is 2.57. The molecule has 4 rings (SSSR count). The van der Waals surface area contributed by atoms with Crippen LogP contribution in [-0.4, -0.2) is 12.6 Å². The van der Waals surface area contributed by atoms with Crippen LogP contribution < -0.4 is 4.74 Å². The van der Waals surface area contributed by atoms with Crippen LogP contribution in [0.3, 0.4) is 0 Å². The zero-order chi connectivity index (χ0) is 20.9. The van der Waals surface area contributed by atoms with Gasteiger partial charge in [-0.3, -0.25) is 4.79 Å². The molecule has 0 fully saturated rings. The second-order valence-corrected chi connectivity index (χ2v) is 8.01. The van der Waals surface area contributed by atoms with Gasteiger partial charge in [-0.1, -0.05) is 48.5 Å². The van der Waals surface area contributed by atoms with E-state index in [9.17, 15) is 4.79 Å². The summed E-state index contributed by atoms with van der Waals surface area (Å²) in [6.07, 6.45) is 0.197. The Bertz CT molecular complexity index is 1160. The molecule has 3 aromatic carbocycles. The second kappa shape index (κ2) is 9.34. The standard InChI is InChI=1S/C25H21IO4/c1-2-28-24(27)15-19-10-6-7-11-22(19)29-16-17-12-20-14-23(18-8-4-3-5-9-18)30-25(20)21(26)13-17/h3-14H,2,15-16H2,1H3. The van der Waals surface area contributed by atoms with Crippen molar-refractivity contribution in [3.05, 3.63) is 87.5 Å². The lowest BCUT2D eigenvalue weighted by molar-refractivity contribution is -0.142. The first-order valence-corrected chi connectivity index (χ1v) is 10.9. The van der Waals surface area contributed by atoms with Crippen LogP contribution in [0, 0.1) is 3.57 Å². The Morgan fingerprint density at radius 3 is 2.57 bits per heavy atom. The van der Waals surface area contributed by atoms with Crippen LogP contribution in [0.5, 0.6) is 5.75 Å². The van der Waals surface area contributed by atoms with Gasteiger partial charge in [-0.2, -0.15) is 0 Å². The highest BCUT2D eigenvalue weighted by Crippen LogP contribution is 2.32. The smallest absolute Gasteiger partial charge is 0.310 e. The van der Waals surface area contributed by atoms with Gasteiger partial charge in [0.25, 0.3) is 0 Å². The number of hydrogen-bond acceptors (Lipinski definition) is 4. The average Bonchev–Trinajstić information content (AvgIpc) is 3.19. The first-order chi connectivity index (χ1) is 14.6. The summed E-state index contributed by atoms with van der Waals surface area (Å²) < 4.78 is 18.2. The highest BCUT2D eigenvalue weighted by Gasteiger charge is 2.13. The summed E-state index contributed by atoms with van der Waals surface area (Å²) in [5.41, 5.74) is 3.79. The van der Waals surface area contributed by atoms with Gasteiger partial charge < -0.3 is 13.9 Å². The molecule has 30 heavy (non-hydrogen) atoms. The lowest BCUT2D eigenvalue weighted by Gasteiger charge is -2.11. The van der Waals surface area contributed by atoms with Crippen molar-refractivity contribution in [2.75, 3.05) is 6.61 Å². The zero-order valence-electron chi connectivity index (χ0n) is 16.6. The Labute approximate surface area is 188 Å². The minimum Gasteiger partial charge on any atom is -0.489 e. The predicted octanol–water partition coefficient (Wildman–Crippen LogP) is 6.39. The van der Waals surface area contributed by atoms with Crippen LogP contribution in [0.4, 0.5) is 0 Å². The largest absolute Gasteiger partial charge is 0.489 e. The molecule has 0 saturated carbocycles. The van der Waals surface area contributed by atoms with Gasteiger partial charge in [-0.15, -0.1) is 0 Å². The van der Waals surface area contributed by atoms with Crippen molar-refractivity contribution >= 4 is 39.5 Å². The third-order valence-corrected chi connectivity index (χ3v) is 5.50. The lowest BCUT2D eigenvalue weighted by Crippen LogP contribution is -2.09. The molecule has 0 radical (unpaired) electrons. The van der Waals surface area contributed by atoms with Crippen molar-refractivity contribution in [2.45, 2.75) is 20.0 Å². The Kier molecular flexibility index (Phi) is 6.38. The molecule has 0 bridgehead atoms. The quantitative estimate of drug-likeness (QED) is 0.213. The van der Waals surface area contributed by atoms with E-state index in [0.717, 1.165) is 37.0 Å². The molecule has 4 aromatic rings. The first-order valence-electron chi connectivity index (χ1n) is 9.77. The molecule has 0 unspecified atom stereocenters. The molecule has 0 amide bonds. The molecule has 0 atom stereocenters. The van der Waals surface area contributed by atoms with Crippen molar-refractivity contribution < 1.29 is 18.7 Å². The monoisotopic (exact) mass is 512 g/mol. The molecule has 0 aliphatic rings. The molecule has 152 valence electrons. The minimum absolute atomic E-state index is 0.197. The van der Waals surface area contributed by atoms with Gasteiger partial charge in [0.15, 0.2) is 0 Å². The molecule has 1 aromatic heterocycles. The fraction of sp³-hybridized carbons (Fsp3) is 0.160. The molecule has 4 nitrogen and oxygen atoms in total. The highest BCUT2D eigenvalue weighted by molar-refractivity contribution is 14.1. The van der Waals surface area contributed by atoms with Crippen LogP contribution in [0.1, 0.15) is 18.1 Å². The van der Waals surface area contributed by atoms with Gasteiger partial charge in [0.1, 0.15) is 23.7 Å². The fourth-order valence-electron chi connectivity index (χ4n) is 3.32. The van der Waals surface area contributed by atoms with Crippen molar-refractivity contribution in [3.63, 3.8) is 0 Å². The van der Waals surface area contributed by atoms with Crippen molar-refractivity contribution in [1.82, 2.24) is 0 Å². The SMILES string of the molecule is CCOC(=O)Cc1ccccc1OCc1cc(I)c2oc(-c3ccccc3)cc2c1. The summed E-state index contributed by atoms with van der Waals surface area (Å²) in [5.74, 6) is 1.29. The fourth-order valence-corrected chi connectivity index (χ4v) is 4.14. The number of esters is 1. The van der Waals surface area contributed by atoms with E-state index in [4.69, 9.17) is 13.9 Å². The Morgan fingerprint density at radius 2 is 1.77 bits per heavy atom. The maximum atomic E-state index is 11.9. The van der Waals surface area contributed by atoms with Crippen LogP contribution in [0.15, 0.2) is 77.2 Å². The van der Waals surface area contributed by atoms with Crippen LogP contribution >= 0.6 is 22.6 Å². The third kappa shape index (κ3) is 4.67. The molecular weight excluding hydrogens is 491 g/mol. The Morgan fingerprint density at radius 1 is 1.00 bits per heavy atom. The predicted molar refractivity (Wildman–Crippen MR) is 125 cm³/mol. The number of halogens is 1. The molecular formula is C25H21IO4. The van der Waals surface area contributed by atoms with Crippen molar-refractivity contribution in [3.8, 4) is 17.1 Å². The topological polar surface area (TPSA) is 48.7 Å². The van der Waals surface area contributed by atoms with Gasteiger partial charge in [0.05, 0.1) is 16.6 Å². The number of para-hydroxylation sites is 1. The van der Waals surface area contributed by atoms with E-state index in [2.05, 4.69) is 40.8 Å². The maximum absolute atomic E-state index is 11.9. The van der Waals surface area contributed by atoms with Gasteiger partial charge in [-0.25, -0.2) is 0 Å². The number of fused-ring (bicyclic) bond motifs is 1. The highest BCUT2D eigenvalue weighted by atomic mass is 127. The van der Waals surface area contributed by atoms with Gasteiger partial charge >= 0.3 is 5.97 Å². The van der Waals surface area contributed by atoms with Gasteiger partial charge in [0.2, 0.25) is 0 Å². The van der Waals surface area contributed by atoms with E-state index in [1.165, 1.54) is 0 Å². The lowest BCUT2D eigenvalue weighted by atomic mass is 10.1. The maximum Gasteiger partial charge on any atom is 0.310 e. The second-order valence-electron chi connectivity index (χ2n) is 6.85. The number of furan rings is 1.